The molecule has 0 aliphatic carbocycles. The standard InChI is InChI=1S/C68H44N2O/c1-2-21-52-47(18-1)44-66(57-26-8-7-23-54(52)57)69(49-42-38-46(39-43-49)51-20-4-6-24-55(51)61-30-17-31-62-60-29-12-16-35-67(60)71-68(61)62)48-40-36-45(37-41-48)50-19-3-5-22-53(50)56-25-9-13-32-63(56)70-64-33-14-10-27-58(64)59-28-11-15-34-65(59)70/h1-44H. The van der Waals surface area contributed by atoms with E-state index in [1.807, 2.05) is 6.07 Å². The van der Waals surface area contributed by atoms with Gasteiger partial charge in [-0.1, -0.05) is 212 Å². The fraction of sp³-hybridized carbons (Fsp3) is 0. The molecular weight excluding hydrogens is 861 g/mol. The maximum atomic E-state index is 6.55. The fourth-order valence-corrected chi connectivity index (χ4v) is 11.2. The third-order valence-electron chi connectivity index (χ3n) is 14.4. The number of anilines is 3. The van der Waals surface area contributed by atoms with Gasteiger partial charge in [0.05, 0.1) is 22.4 Å². The molecule has 0 atom stereocenters. The van der Waals surface area contributed by atoms with E-state index in [2.05, 4.69) is 270 Å². The smallest absolute Gasteiger partial charge is 0.143 e. The van der Waals surface area contributed by atoms with Crippen molar-refractivity contribution in [2.75, 3.05) is 4.90 Å². The monoisotopic (exact) mass is 904 g/mol. The molecular formula is C68H44N2O. The zero-order chi connectivity index (χ0) is 46.8. The van der Waals surface area contributed by atoms with Crippen LogP contribution in [0.4, 0.5) is 17.1 Å². The molecule has 0 aliphatic rings. The van der Waals surface area contributed by atoms with E-state index < -0.39 is 0 Å². The summed E-state index contributed by atoms with van der Waals surface area (Å²) in [5, 5.41) is 9.61. The average molecular weight is 905 g/mol. The van der Waals surface area contributed by atoms with Crippen molar-refractivity contribution >= 4 is 82.4 Å². The summed E-state index contributed by atoms with van der Waals surface area (Å²) >= 11 is 0. The molecule has 2 aromatic heterocycles. The third-order valence-corrected chi connectivity index (χ3v) is 14.4. The van der Waals surface area contributed by atoms with Crippen molar-refractivity contribution < 1.29 is 4.42 Å². The first-order valence-electron chi connectivity index (χ1n) is 24.3. The zero-order valence-electron chi connectivity index (χ0n) is 38.7. The number of benzene rings is 12. The Morgan fingerprint density at radius 3 is 1.39 bits per heavy atom. The Hall–Kier alpha value is -9.44. The highest BCUT2D eigenvalue weighted by molar-refractivity contribution is 6.15. The minimum atomic E-state index is 0.899. The van der Waals surface area contributed by atoms with E-state index in [-0.39, 0.29) is 0 Å². The normalized spacial score (nSPS) is 11.7. The summed E-state index contributed by atoms with van der Waals surface area (Å²) < 4.78 is 8.98. The predicted octanol–water partition coefficient (Wildman–Crippen LogP) is 19.1. The first-order valence-corrected chi connectivity index (χ1v) is 24.3. The summed E-state index contributed by atoms with van der Waals surface area (Å²) in [5.74, 6) is 0. The Balaban J connectivity index is 0.895. The largest absolute Gasteiger partial charge is 0.455 e. The maximum absolute atomic E-state index is 6.55. The van der Waals surface area contributed by atoms with Crippen molar-refractivity contribution in [3.8, 4) is 50.2 Å². The quantitative estimate of drug-likeness (QED) is 0.142. The highest BCUT2D eigenvalue weighted by Gasteiger charge is 2.21. The van der Waals surface area contributed by atoms with Gasteiger partial charge in [0.2, 0.25) is 0 Å². The number of rotatable bonds is 8. The van der Waals surface area contributed by atoms with Crippen molar-refractivity contribution in [3.63, 3.8) is 0 Å². The number of aromatic nitrogens is 1. The van der Waals surface area contributed by atoms with Gasteiger partial charge in [-0.2, -0.15) is 0 Å². The number of nitrogens with zero attached hydrogens (tertiary/aromatic N) is 2. The van der Waals surface area contributed by atoms with Gasteiger partial charge < -0.3 is 13.9 Å². The van der Waals surface area contributed by atoms with Crippen LogP contribution in [-0.2, 0) is 0 Å². The molecule has 14 aromatic rings. The van der Waals surface area contributed by atoms with Crippen LogP contribution >= 0.6 is 0 Å². The molecule has 0 bridgehead atoms. The molecule has 0 saturated heterocycles. The summed E-state index contributed by atoms with van der Waals surface area (Å²) in [6.07, 6.45) is 0. The van der Waals surface area contributed by atoms with E-state index in [1.54, 1.807) is 0 Å². The SMILES string of the molecule is c1ccc(-c2ccccc2-n2c3ccccc3c3ccccc32)c(-c2ccc(N(c3ccc(-c4ccccc4-c4cccc5c4oc4ccccc45)cc3)c3cc4ccccc4c4ccccc34)cc2)c1. The molecule has 0 aliphatic heterocycles. The van der Waals surface area contributed by atoms with Crippen molar-refractivity contribution in [1.29, 1.82) is 0 Å². The maximum Gasteiger partial charge on any atom is 0.143 e. The number of hydrogen-bond acceptors (Lipinski definition) is 2. The van der Waals surface area contributed by atoms with Gasteiger partial charge in [-0.3, -0.25) is 0 Å². The molecule has 0 radical (unpaired) electrons. The van der Waals surface area contributed by atoms with E-state index >= 15 is 0 Å². The van der Waals surface area contributed by atoms with Crippen LogP contribution in [0.2, 0.25) is 0 Å². The van der Waals surface area contributed by atoms with Crippen molar-refractivity contribution in [3.05, 3.63) is 267 Å². The lowest BCUT2D eigenvalue weighted by molar-refractivity contribution is 0.670. The van der Waals surface area contributed by atoms with Crippen molar-refractivity contribution in [1.82, 2.24) is 4.57 Å². The fourth-order valence-electron chi connectivity index (χ4n) is 11.2. The van der Waals surface area contributed by atoms with Gasteiger partial charge in [-0.05, 0) is 104 Å². The topological polar surface area (TPSA) is 21.3 Å². The third kappa shape index (κ3) is 6.66. The molecule has 0 spiro atoms. The minimum absolute atomic E-state index is 0.899. The summed E-state index contributed by atoms with van der Waals surface area (Å²) in [6, 6.07) is 96.7. The van der Waals surface area contributed by atoms with Gasteiger partial charge in [0.1, 0.15) is 11.2 Å². The van der Waals surface area contributed by atoms with E-state index in [4.69, 9.17) is 4.42 Å². The Labute approximate surface area is 411 Å². The summed E-state index contributed by atoms with van der Waals surface area (Å²) in [5.41, 5.74) is 17.8. The summed E-state index contributed by atoms with van der Waals surface area (Å²) in [7, 11) is 0. The van der Waals surface area contributed by atoms with Crippen LogP contribution in [0.3, 0.4) is 0 Å². The molecule has 0 fully saturated rings. The molecule has 71 heavy (non-hydrogen) atoms. The van der Waals surface area contributed by atoms with Crippen LogP contribution in [-0.4, -0.2) is 4.57 Å². The highest BCUT2D eigenvalue weighted by atomic mass is 16.3. The Morgan fingerprint density at radius 2 is 0.746 bits per heavy atom. The van der Waals surface area contributed by atoms with Crippen LogP contribution in [0.25, 0.3) is 115 Å². The lowest BCUT2D eigenvalue weighted by atomic mass is 9.93. The molecule has 0 saturated carbocycles. The lowest BCUT2D eigenvalue weighted by Crippen LogP contribution is -2.10. The van der Waals surface area contributed by atoms with E-state index in [0.29, 0.717) is 0 Å². The van der Waals surface area contributed by atoms with Crippen LogP contribution in [0.1, 0.15) is 0 Å². The predicted molar refractivity (Wildman–Crippen MR) is 299 cm³/mol. The molecule has 14 rings (SSSR count). The van der Waals surface area contributed by atoms with Crippen LogP contribution < -0.4 is 4.90 Å². The Morgan fingerprint density at radius 1 is 0.296 bits per heavy atom. The first kappa shape index (κ1) is 40.6. The van der Waals surface area contributed by atoms with Crippen molar-refractivity contribution in [2.45, 2.75) is 0 Å². The first-order chi connectivity index (χ1) is 35.2. The van der Waals surface area contributed by atoms with Gasteiger partial charge in [0.25, 0.3) is 0 Å². The highest BCUT2D eigenvalue weighted by Crippen LogP contribution is 2.46. The molecule has 332 valence electrons. The number of fused-ring (bicyclic) bond motifs is 9. The summed E-state index contributed by atoms with van der Waals surface area (Å²) in [6.45, 7) is 0. The second-order valence-electron chi connectivity index (χ2n) is 18.4. The Bertz CT molecular complexity index is 4290. The number of hydrogen-bond donors (Lipinski definition) is 0. The van der Waals surface area contributed by atoms with Crippen LogP contribution in [0.15, 0.2) is 271 Å². The zero-order valence-corrected chi connectivity index (χ0v) is 38.7. The van der Waals surface area contributed by atoms with Gasteiger partial charge in [-0.25, -0.2) is 0 Å². The van der Waals surface area contributed by atoms with Gasteiger partial charge in [0, 0.05) is 49.4 Å². The number of para-hydroxylation sites is 5. The lowest BCUT2D eigenvalue weighted by Gasteiger charge is -2.28. The molecule has 2 heterocycles. The van der Waals surface area contributed by atoms with Gasteiger partial charge >= 0.3 is 0 Å². The number of furan rings is 1. The van der Waals surface area contributed by atoms with E-state index in [1.165, 1.54) is 60.0 Å². The summed E-state index contributed by atoms with van der Waals surface area (Å²) in [4.78, 5) is 2.42. The van der Waals surface area contributed by atoms with Gasteiger partial charge in [-0.15, -0.1) is 0 Å². The molecule has 0 N–H and O–H groups in total. The Kier molecular flexibility index (Phi) is 9.53. The molecule has 0 unspecified atom stereocenters. The molecule has 3 nitrogen and oxygen atoms in total. The van der Waals surface area contributed by atoms with E-state index in [0.717, 1.165) is 72.5 Å². The van der Waals surface area contributed by atoms with Gasteiger partial charge in [0.15, 0.2) is 0 Å². The van der Waals surface area contributed by atoms with Crippen LogP contribution in [0, 0.1) is 0 Å². The average Bonchev–Trinajstić information content (AvgIpc) is 4.00. The molecule has 0 amide bonds. The minimum Gasteiger partial charge on any atom is -0.455 e. The van der Waals surface area contributed by atoms with E-state index in [9.17, 15) is 0 Å². The van der Waals surface area contributed by atoms with Crippen LogP contribution in [0.5, 0.6) is 0 Å². The molecule has 3 heteroatoms. The second-order valence-corrected chi connectivity index (χ2v) is 18.4. The van der Waals surface area contributed by atoms with Crippen molar-refractivity contribution in [2.24, 2.45) is 0 Å². The second kappa shape index (κ2) is 16.7. The molecule has 12 aromatic carbocycles.